The maximum Gasteiger partial charge on any atom is 0.331 e. The largest absolute Gasteiger partial charge is 0.490 e. The monoisotopic (exact) mass is 292 g/mol. The summed E-state index contributed by atoms with van der Waals surface area (Å²) in [5.41, 5.74) is 0.864. The summed E-state index contributed by atoms with van der Waals surface area (Å²) in [5.74, 6) is 1.05. The van der Waals surface area contributed by atoms with Crippen LogP contribution in [-0.2, 0) is 9.53 Å². The van der Waals surface area contributed by atoms with Crippen LogP contribution in [-0.4, -0.2) is 25.3 Å². The van der Waals surface area contributed by atoms with Gasteiger partial charge in [0.2, 0.25) is 0 Å². The third kappa shape index (κ3) is 5.90. The normalized spacial score (nSPS) is 12.2. The molecule has 0 aliphatic heterocycles. The first-order valence-corrected chi connectivity index (χ1v) is 7.39. The molecule has 116 valence electrons. The van der Waals surface area contributed by atoms with Crippen molar-refractivity contribution in [2.24, 2.45) is 0 Å². The molecule has 0 saturated heterocycles. The predicted molar refractivity (Wildman–Crippen MR) is 83.7 cm³/mol. The minimum atomic E-state index is -0.337. The van der Waals surface area contributed by atoms with Crippen molar-refractivity contribution in [2.45, 2.75) is 40.2 Å². The van der Waals surface area contributed by atoms with Gasteiger partial charge in [-0.3, -0.25) is 0 Å². The second-order valence-electron chi connectivity index (χ2n) is 4.56. The average molecular weight is 292 g/mol. The third-order valence-corrected chi connectivity index (χ3v) is 2.87. The summed E-state index contributed by atoms with van der Waals surface area (Å²) in [4.78, 5) is 11.6. The van der Waals surface area contributed by atoms with E-state index in [1.807, 2.05) is 45.9 Å². The summed E-state index contributed by atoms with van der Waals surface area (Å²) in [5, 5.41) is 0. The Balaban J connectivity index is 2.79. The lowest BCUT2D eigenvalue weighted by Gasteiger charge is -2.11. The van der Waals surface area contributed by atoms with E-state index in [2.05, 4.69) is 0 Å². The van der Waals surface area contributed by atoms with E-state index in [1.54, 1.807) is 6.08 Å². The molecular weight excluding hydrogens is 268 g/mol. The Morgan fingerprint density at radius 1 is 1.14 bits per heavy atom. The minimum absolute atomic E-state index is 0.0681. The van der Waals surface area contributed by atoms with E-state index in [-0.39, 0.29) is 12.1 Å². The van der Waals surface area contributed by atoms with Crippen molar-refractivity contribution < 1.29 is 19.0 Å². The zero-order valence-corrected chi connectivity index (χ0v) is 13.2. The molecule has 1 unspecified atom stereocenters. The Morgan fingerprint density at radius 3 is 2.43 bits per heavy atom. The van der Waals surface area contributed by atoms with Gasteiger partial charge in [0.15, 0.2) is 11.5 Å². The molecule has 0 bridgehead atoms. The molecule has 0 aliphatic rings. The van der Waals surface area contributed by atoms with E-state index in [0.29, 0.717) is 24.7 Å². The number of ether oxygens (including phenoxy) is 3. The Labute approximate surface area is 126 Å². The van der Waals surface area contributed by atoms with Crippen molar-refractivity contribution in [1.82, 2.24) is 0 Å². The minimum Gasteiger partial charge on any atom is -0.490 e. The molecule has 0 aromatic heterocycles. The van der Waals surface area contributed by atoms with Crippen molar-refractivity contribution in [3.63, 3.8) is 0 Å². The van der Waals surface area contributed by atoms with Gasteiger partial charge in [0.25, 0.3) is 0 Å². The fraction of sp³-hybridized carbons (Fsp3) is 0.471. The van der Waals surface area contributed by atoms with Gasteiger partial charge in [0.05, 0.1) is 19.3 Å². The van der Waals surface area contributed by atoms with Gasteiger partial charge in [0.1, 0.15) is 0 Å². The molecule has 0 aliphatic carbocycles. The Hall–Kier alpha value is -1.97. The smallest absolute Gasteiger partial charge is 0.331 e. The molecule has 0 spiro atoms. The second-order valence-corrected chi connectivity index (χ2v) is 4.56. The molecule has 0 saturated carbocycles. The summed E-state index contributed by atoms with van der Waals surface area (Å²) in [6.07, 6.45) is 3.87. The van der Waals surface area contributed by atoms with Crippen LogP contribution in [0.5, 0.6) is 11.5 Å². The van der Waals surface area contributed by atoms with Crippen molar-refractivity contribution in [3.05, 3.63) is 29.8 Å². The SMILES string of the molecule is CCOc1ccc(C=CC(=O)OC(C)CC)cc1OCC. The number of carbonyl (C=O) groups excluding carboxylic acids is 1. The van der Waals surface area contributed by atoms with Crippen LogP contribution in [0, 0.1) is 0 Å². The molecule has 0 N–H and O–H groups in total. The summed E-state index contributed by atoms with van der Waals surface area (Å²) in [6.45, 7) is 8.83. The standard InChI is InChI=1S/C17H24O4/c1-5-13(4)21-17(18)11-9-14-8-10-15(19-6-2)16(12-14)20-7-3/h8-13H,5-7H2,1-4H3. The van der Waals surface area contributed by atoms with Gasteiger partial charge in [-0.25, -0.2) is 4.79 Å². The second kappa shape index (κ2) is 9.06. The van der Waals surface area contributed by atoms with Gasteiger partial charge >= 0.3 is 5.97 Å². The highest BCUT2D eigenvalue weighted by Gasteiger charge is 2.06. The first kappa shape index (κ1) is 17.1. The van der Waals surface area contributed by atoms with Crippen molar-refractivity contribution in [2.75, 3.05) is 13.2 Å². The van der Waals surface area contributed by atoms with Crippen LogP contribution in [0.1, 0.15) is 39.7 Å². The van der Waals surface area contributed by atoms with E-state index in [4.69, 9.17) is 14.2 Å². The highest BCUT2D eigenvalue weighted by molar-refractivity contribution is 5.87. The molecule has 1 aromatic rings. The fourth-order valence-corrected chi connectivity index (χ4v) is 1.66. The van der Waals surface area contributed by atoms with Crippen LogP contribution in [0.4, 0.5) is 0 Å². The van der Waals surface area contributed by atoms with Crippen molar-refractivity contribution in [3.8, 4) is 11.5 Å². The van der Waals surface area contributed by atoms with Gasteiger partial charge in [-0.05, 0) is 51.0 Å². The van der Waals surface area contributed by atoms with Gasteiger partial charge in [-0.2, -0.15) is 0 Å². The lowest BCUT2D eigenvalue weighted by Crippen LogP contribution is -2.11. The Kier molecular flexibility index (Phi) is 7.37. The lowest BCUT2D eigenvalue weighted by molar-refractivity contribution is -0.142. The first-order valence-electron chi connectivity index (χ1n) is 7.39. The van der Waals surface area contributed by atoms with E-state index >= 15 is 0 Å². The summed E-state index contributed by atoms with van der Waals surface area (Å²) in [7, 11) is 0. The molecule has 0 radical (unpaired) electrons. The molecule has 0 heterocycles. The lowest BCUT2D eigenvalue weighted by atomic mass is 10.2. The zero-order valence-electron chi connectivity index (χ0n) is 13.2. The molecule has 1 rings (SSSR count). The molecule has 0 fully saturated rings. The number of rotatable bonds is 8. The van der Waals surface area contributed by atoms with Crippen molar-refractivity contribution >= 4 is 12.0 Å². The number of carbonyl (C=O) groups is 1. The highest BCUT2D eigenvalue weighted by atomic mass is 16.5. The average Bonchev–Trinajstić information content (AvgIpc) is 2.47. The molecular formula is C17H24O4. The van der Waals surface area contributed by atoms with Gasteiger partial charge < -0.3 is 14.2 Å². The van der Waals surface area contributed by atoms with E-state index < -0.39 is 0 Å². The molecule has 4 heteroatoms. The Morgan fingerprint density at radius 2 is 1.81 bits per heavy atom. The van der Waals surface area contributed by atoms with Crippen LogP contribution in [0.25, 0.3) is 6.08 Å². The van der Waals surface area contributed by atoms with Crippen LogP contribution >= 0.6 is 0 Å². The maximum absolute atomic E-state index is 11.6. The third-order valence-electron chi connectivity index (χ3n) is 2.87. The number of esters is 1. The van der Waals surface area contributed by atoms with Crippen LogP contribution in [0.15, 0.2) is 24.3 Å². The quantitative estimate of drug-likeness (QED) is 0.539. The van der Waals surface area contributed by atoms with Gasteiger partial charge in [-0.15, -0.1) is 0 Å². The summed E-state index contributed by atoms with van der Waals surface area (Å²) in [6, 6.07) is 5.57. The topological polar surface area (TPSA) is 44.8 Å². The predicted octanol–water partition coefficient (Wildman–Crippen LogP) is 3.84. The van der Waals surface area contributed by atoms with Crippen LogP contribution in [0.2, 0.25) is 0 Å². The van der Waals surface area contributed by atoms with Crippen LogP contribution < -0.4 is 9.47 Å². The van der Waals surface area contributed by atoms with Crippen LogP contribution in [0.3, 0.4) is 0 Å². The van der Waals surface area contributed by atoms with Crippen molar-refractivity contribution in [1.29, 1.82) is 0 Å². The number of hydrogen-bond donors (Lipinski definition) is 0. The first-order chi connectivity index (χ1) is 10.1. The fourth-order valence-electron chi connectivity index (χ4n) is 1.66. The van der Waals surface area contributed by atoms with Gasteiger partial charge in [-0.1, -0.05) is 13.0 Å². The summed E-state index contributed by atoms with van der Waals surface area (Å²) >= 11 is 0. The molecule has 1 atom stereocenters. The van der Waals surface area contributed by atoms with Gasteiger partial charge in [0, 0.05) is 6.08 Å². The molecule has 21 heavy (non-hydrogen) atoms. The molecule has 0 amide bonds. The van der Waals surface area contributed by atoms with E-state index in [9.17, 15) is 4.79 Å². The van der Waals surface area contributed by atoms with E-state index in [1.165, 1.54) is 6.08 Å². The molecule has 4 nitrogen and oxygen atoms in total. The van der Waals surface area contributed by atoms with E-state index in [0.717, 1.165) is 12.0 Å². The highest BCUT2D eigenvalue weighted by Crippen LogP contribution is 2.29. The summed E-state index contributed by atoms with van der Waals surface area (Å²) < 4.78 is 16.2. The number of benzene rings is 1. The maximum atomic E-state index is 11.6. The zero-order chi connectivity index (χ0) is 15.7. The number of hydrogen-bond acceptors (Lipinski definition) is 4. The Bertz CT molecular complexity index is 480. The molecule has 1 aromatic carbocycles.